The molecule has 0 aromatic heterocycles. The van der Waals surface area contributed by atoms with Gasteiger partial charge in [-0.2, -0.15) is 0 Å². The van der Waals surface area contributed by atoms with Crippen molar-refractivity contribution in [2.45, 2.75) is 32.4 Å². The van der Waals surface area contributed by atoms with Gasteiger partial charge in [0.1, 0.15) is 11.5 Å². The third-order valence-corrected chi connectivity index (χ3v) is 5.32. The van der Waals surface area contributed by atoms with Crippen LogP contribution in [-0.2, 0) is 14.3 Å². The summed E-state index contributed by atoms with van der Waals surface area (Å²) < 4.78 is 11.0. The van der Waals surface area contributed by atoms with E-state index in [4.69, 9.17) is 9.47 Å². The highest BCUT2D eigenvalue weighted by Crippen LogP contribution is 2.42. The van der Waals surface area contributed by atoms with Crippen LogP contribution in [0.1, 0.15) is 37.4 Å². The number of nitrogens with zero attached hydrogens (tertiary/aromatic N) is 2. The lowest BCUT2D eigenvalue weighted by atomic mass is 9.94. The predicted octanol–water partition coefficient (Wildman–Crippen LogP) is 3.84. The van der Waals surface area contributed by atoms with E-state index in [1.54, 1.807) is 24.3 Å². The Kier molecular flexibility index (Phi) is 7.44. The molecule has 0 aliphatic carbocycles. The predicted molar refractivity (Wildman–Crippen MR) is 121 cm³/mol. The lowest BCUT2D eigenvalue weighted by Crippen LogP contribution is -2.31. The van der Waals surface area contributed by atoms with Crippen LogP contribution in [0.3, 0.4) is 0 Å². The number of rotatable bonds is 9. The van der Waals surface area contributed by atoms with Crippen LogP contribution in [-0.4, -0.2) is 53.0 Å². The zero-order valence-corrected chi connectivity index (χ0v) is 18.7. The fourth-order valence-electron chi connectivity index (χ4n) is 3.78. The molecule has 1 aliphatic heterocycles. The Morgan fingerprint density at radius 3 is 2.42 bits per heavy atom. The average Bonchev–Trinajstić information content (AvgIpc) is 3.06. The molecule has 1 N–H and O–H groups in total. The molecule has 9 heteroatoms. The standard InChI is InChI=1S/C24H26N2O7/c1-15(2)33-14-6-13-25-21(18-7-4-5-8-19(18)32-3)20(23(28)24(25)29)22(27)16-9-11-17(12-10-16)26(30)31/h4-5,7-12,15,21,27H,6,13-14H2,1-3H3/t21-/m0/s1. The molecular weight excluding hydrogens is 428 g/mol. The van der Waals surface area contributed by atoms with Crippen molar-refractivity contribution in [3.63, 3.8) is 0 Å². The third-order valence-electron chi connectivity index (χ3n) is 5.32. The summed E-state index contributed by atoms with van der Waals surface area (Å²) in [4.78, 5) is 37.8. The van der Waals surface area contributed by atoms with Gasteiger partial charge in [0.25, 0.3) is 17.4 Å². The Morgan fingerprint density at radius 1 is 1.15 bits per heavy atom. The summed E-state index contributed by atoms with van der Waals surface area (Å²) in [5, 5.41) is 22.0. The second-order valence-corrected chi connectivity index (χ2v) is 7.81. The number of para-hydroxylation sites is 1. The Labute approximate surface area is 191 Å². The van der Waals surface area contributed by atoms with Crippen LogP contribution in [0.4, 0.5) is 5.69 Å². The Hall–Kier alpha value is -3.72. The number of ketones is 1. The number of benzene rings is 2. The van der Waals surface area contributed by atoms with Gasteiger partial charge in [-0.05, 0) is 38.5 Å². The number of ether oxygens (including phenoxy) is 2. The molecule has 1 amide bonds. The van der Waals surface area contributed by atoms with Gasteiger partial charge in [-0.15, -0.1) is 0 Å². The van der Waals surface area contributed by atoms with Crippen LogP contribution in [0.5, 0.6) is 5.75 Å². The van der Waals surface area contributed by atoms with E-state index < -0.39 is 28.4 Å². The minimum Gasteiger partial charge on any atom is -0.507 e. The van der Waals surface area contributed by atoms with E-state index in [0.29, 0.717) is 24.3 Å². The highest BCUT2D eigenvalue weighted by molar-refractivity contribution is 6.46. The van der Waals surface area contributed by atoms with Gasteiger partial charge < -0.3 is 19.5 Å². The second-order valence-electron chi connectivity index (χ2n) is 7.81. The molecule has 0 unspecified atom stereocenters. The summed E-state index contributed by atoms with van der Waals surface area (Å²) in [5.41, 5.74) is 0.496. The van der Waals surface area contributed by atoms with Crippen molar-refractivity contribution in [2.24, 2.45) is 0 Å². The zero-order chi connectivity index (χ0) is 24.1. The molecule has 2 aromatic rings. The van der Waals surface area contributed by atoms with Crippen LogP contribution < -0.4 is 4.74 Å². The fraction of sp³-hybridized carbons (Fsp3) is 0.333. The summed E-state index contributed by atoms with van der Waals surface area (Å²) in [5.74, 6) is -1.51. The van der Waals surface area contributed by atoms with Crippen molar-refractivity contribution >= 4 is 23.1 Å². The number of aliphatic hydroxyl groups excluding tert-OH is 1. The van der Waals surface area contributed by atoms with Crippen LogP contribution in [0.15, 0.2) is 54.1 Å². The molecule has 1 aliphatic rings. The highest BCUT2D eigenvalue weighted by Gasteiger charge is 2.46. The number of carbonyl (C=O) groups excluding carboxylic acids is 2. The molecule has 1 atom stereocenters. The molecule has 33 heavy (non-hydrogen) atoms. The minimum absolute atomic E-state index is 0.0348. The highest BCUT2D eigenvalue weighted by atomic mass is 16.6. The van der Waals surface area contributed by atoms with Crippen molar-refractivity contribution < 1.29 is 29.1 Å². The molecule has 2 aromatic carbocycles. The first-order valence-corrected chi connectivity index (χ1v) is 10.5. The average molecular weight is 454 g/mol. The Balaban J connectivity index is 2.08. The number of carbonyl (C=O) groups is 2. The summed E-state index contributed by atoms with van der Waals surface area (Å²) in [6, 6.07) is 11.2. The SMILES string of the molecule is COc1ccccc1[C@H]1C(=C(O)c2ccc([N+](=O)[O-])cc2)C(=O)C(=O)N1CCCOC(C)C. The number of likely N-dealkylation sites (tertiary alicyclic amines) is 1. The third kappa shape index (κ3) is 5.04. The Morgan fingerprint density at radius 2 is 1.82 bits per heavy atom. The van der Waals surface area contributed by atoms with E-state index in [-0.39, 0.29) is 29.5 Å². The van der Waals surface area contributed by atoms with Gasteiger partial charge in [-0.25, -0.2) is 0 Å². The number of methoxy groups -OCH3 is 1. The molecule has 0 bridgehead atoms. The van der Waals surface area contributed by atoms with E-state index in [2.05, 4.69) is 0 Å². The number of nitro groups is 1. The first kappa shape index (κ1) is 23.9. The smallest absolute Gasteiger partial charge is 0.295 e. The molecule has 1 saturated heterocycles. The molecular formula is C24H26N2O7. The summed E-state index contributed by atoms with van der Waals surface area (Å²) >= 11 is 0. The molecule has 0 saturated carbocycles. The van der Waals surface area contributed by atoms with Gasteiger partial charge in [-0.1, -0.05) is 18.2 Å². The van der Waals surface area contributed by atoms with Crippen LogP contribution in [0.2, 0.25) is 0 Å². The van der Waals surface area contributed by atoms with Crippen molar-refractivity contribution in [2.75, 3.05) is 20.3 Å². The molecule has 9 nitrogen and oxygen atoms in total. The maximum absolute atomic E-state index is 13.0. The molecule has 174 valence electrons. The van der Waals surface area contributed by atoms with Crippen LogP contribution in [0.25, 0.3) is 5.76 Å². The lowest BCUT2D eigenvalue weighted by Gasteiger charge is -2.26. The van der Waals surface area contributed by atoms with Crippen molar-refractivity contribution in [3.8, 4) is 5.75 Å². The number of amides is 1. The summed E-state index contributed by atoms with van der Waals surface area (Å²) in [7, 11) is 1.48. The first-order chi connectivity index (χ1) is 15.8. The monoisotopic (exact) mass is 454 g/mol. The minimum atomic E-state index is -0.879. The zero-order valence-electron chi connectivity index (χ0n) is 18.7. The lowest BCUT2D eigenvalue weighted by molar-refractivity contribution is -0.384. The van der Waals surface area contributed by atoms with Crippen molar-refractivity contribution in [3.05, 3.63) is 75.3 Å². The number of Topliss-reactive ketones (excluding diaryl/α,β-unsaturated/α-hetero) is 1. The first-order valence-electron chi connectivity index (χ1n) is 10.5. The molecule has 0 radical (unpaired) electrons. The van der Waals surface area contributed by atoms with Crippen molar-refractivity contribution in [1.29, 1.82) is 0 Å². The maximum atomic E-state index is 13.0. The number of non-ortho nitro benzene ring substituents is 1. The molecule has 0 spiro atoms. The Bertz CT molecular complexity index is 1080. The van der Waals surface area contributed by atoms with E-state index in [0.717, 1.165) is 0 Å². The van der Waals surface area contributed by atoms with E-state index in [1.807, 2.05) is 13.8 Å². The molecule has 3 rings (SSSR count). The van der Waals surface area contributed by atoms with Gasteiger partial charge in [0.2, 0.25) is 0 Å². The topological polar surface area (TPSA) is 119 Å². The van der Waals surface area contributed by atoms with Crippen LogP contribution >= 0.6 is 0 Å². The normalized spacial score (nSPS) is 17.6. The molecule has 1 heterocycles. The van der Waals surface area contributed by atoms with E-state index in [9.17, 15) is 24.8 Å². The van der Waals surface area contributed by atoms with Crippen molar-refractivity contribution in [1.82, 2.24) is 4.90 Å². The van der Waals surface area contributed by atoms with E-state index >= 15 is 0 Å². The summed E-state index contributed by atoms with van der Waals surface area (Å²) in [6.45, 7) is 4.45. The number of hydrogen-bond donors (Lipinski definition) is 1. The van der Waals surface area contributed by atoms with Gasteiger partial charge in [0, 0.05) is 36.4 Å². The largest absolute Gasteiger partial charge is 0.507 e. The number of nitro benzene ring substituents is 1. The number of aliphatic hydroxyl groups is 1. The second kappa shape index (κ2) is 10.3. The van der Waals surface area contributed by atoms with Gasteiger partial charge >= 0.3 is 0 Å². The molecule has 1 fully saturated rings. The summed E-state index contributed by atoms with van der Waals surface area (Å²) in [6.07, 6.45) is 0.529. The maximum Gasteiger partial charge on any atom is 0.295 e. The van der Waals surface area contributed by atoms with E-state index in [1.165, 1.54) is 36.3 Å². The van der Waals surface area contributed by atoms with Gasteiger partial charge in [-0.3, -0.25) is 19.7 Å². The van der Waals surface area contributed by atoms with Crippen LogP contribution in [0, 0.1) is 10.1 Å². The van der Waals surface area contributed by atoms with Gasteiger partial charge in [0.15, 0.2) is 0 Å². The quantitative estimate of drug-likeness (QED) is 0.153. The fourth-order valence-corrected chi connectivity index (χ4v) is 3.78. The number of hydrogen-bond acceptors (Lipinski definition) is 7. The van der Waals surface area contributed by atoms with Gasteiger partial charge in [0.05, 0.1) is 29.8 Å².